The SMILES string of the molecule is COc1cccc(-n2nnc(C(=O)NCC3CCCCCCC3)c2C)c1. The van der Waals surface area contributed by atoms with Crippen molar-refractivity contribution >= 4 is 5.91 Å². The number of benzene rings is 1. The topological polar surface area (TPSA) is 69.0 Å². The van der Waals surface area contributed by atoms with E-state index < -0.39 is 0 Å². The number of methoxy groups -OCH3 is 1. The highest BCUT2D eigenvalue weighted by Crippen LogP contribution is 2.22. The van der Waals surface area contributed by atoms with Crippen LogP contribution in [-0.2, 0) is 0 Å². The molecule has 0 bridgehead atoms. The summed E-state index contributed by atoms with van der Waals surface area (Å²) in [6.45, 7) is 2.59. The smallest absolute Gasteiger partial charge is 0.273 e. The summed E-state index contributed by atoms with van der Waals surface area (Å²) in [5.74, 6) is 1.18. The molecule has 6 heteroatoms. The van der Waals surface area contributed by atoms with Crippen LogP contribution in [0, 0.1) is 12.8 Å². The lowest BCUT2D eigenvalue weighted by molar-refractivity contribution is 0.0939. The Labute approximate surface area is 154 Å². The van der Waals surface area contributed by atoms with Gasteiger partial charge in [0, 0.05) is 12.6 Å². The first kappa shape index (κ1) is 18.4. The summed E-state index contributed by atoms with van der Waals surface area (Å²) in [6, 6.07) is 7.56. The second kappa shape index (κ2) is 8.83. The van der Waals surface area contributed by atoms with E-state index in [-0.39, 0.29) is 5.91 Å². The molecule has 0 saturated heterocycles. The second-order valence-electron chi connectivity index (χ2n) is 7.06. The van der Waals surface area contributed by atoms with Crippen molar-refractivity contribution in [1.82, 2.24) is 20.3 Å². The van der Waals surface area contributed by atoms with E-state index in [1.807, 2.05) is 31.2 Å². The van der Waals surface area contributed by atoms with Gasteiger partial charge in [-0.2, -0.15) is 0 Å². The van der Waals surface area contributed by atoms with Crippen LogP contribution in [0.2, 0.25) is 0 Å². The number of amides is 1. The Morgan fingerprint density at radius 1 is 1.23 bits per heavy atom. The Bertz CT molecular complexity index is 733. The van der Waals surface area contributed by atoms with Crippen molar-refractivity contribution in [1.29, 1.82) is 0 Å². The normalized spacial score (nSPS) is 15.9. The van der Waals surface area contributed by atoms with E-state index >= 15 is 0 Å². The van der Waals surface area contributed by atoms with Gasteiger partial charge in [-0.25, -0.2) is 4.68 Å². The van der Waals surface area contributed by atoms with Gasteiger partial charge in [-0.1, -0.05) is 43.4 Å². The fraction of sp³-hybridized carbons (Fsp3) is 0.550. The molecule has 3 rings (SSSR count). The number of aromatic nitrogens is 3. The minimum Gasteiger partial charge on any atom is -0.497 e. The van der Waals surface area contributed by atoms with Crippen molar-refractivity contribution in [3.63, 3.8) is 0 Å². The van der Waals surface area contributed by atoms with Crippen molar-refractivity contribution in [2.45, 2.75) is 51.9 Å². The first-order chi connectivity index (χ1) is 12.7. The summed E-state index contributed by atoms with van der Waals surface area (Å²) in [4.78, 5) is 12.6. The minimum atomic E-state index is -0.140. The van der Waals surface area contributed by atoms with Gasteiger partial charge in [0.25, 0.3) is 5.91 Å². The van der Waals surface area contributed by atoms with Gasteiger partial charge in [0.15, 0.2) is 5.69 Å². The number of nitrogens with one attached hydrogen (secondary N) is 1. The fourth-order valence-electron chi connectivity index (χ4n) is 3.59. The largest absolute Gasteiger partial charge is 0.497 e. The zero-order valence-electron chi connectivity index (χ0n) is 15.7. The van der Waals surface area contributed by atoms with Crippen molar-refractivity contribution in [2.75, 3.05) is 13.7 Å². The number of hydrogen-bond acceptors (Lipinski definition) is 4. The molecule has 0 unspecified atom stereocenters. The van der Waals surface area contributed by atoms with Gasteiger partial charge < -0.3 is 10.1 Å². The van der Waals surface area contributed by atoms with Crippen molar-refractivity contribution in [2.24, 2.45) is 5.92 Å². The number of carbonyl (C=O) groups is 1. The molecule has 140 valence electrons. The monoisotopic (exact) mass is 356 g/mol. The molecule has 6 nitrogen and oxygen atoms in total. The Morgan fingerprint density at radius 2 is 1.96 bits per heavy atom. The van der Waals surface area contributed by atoms with E-state index in [0.29, 0.717) is 11.6 Å². The maximum atomic E-state index is 12.6. The van der Waals surface area contributed by atoms with Crippen LogP contribution in [-0.4, -0.2) is 34.6 Å². The third kappa shape index (κ3) is 4.42. The molecule has 1 amide bonds. The molecule has 0 radical (unpaired) electrons. The van der Waals surface area contributed by atoms with E-state index in [1.165, 1.54) is 44.9 Å². The molecule has 1 saturated carbocycles. The summed E-state index contributed by atoms with van der Waals surface area (Å²) in [7, 11) is 1.63. The second-order valence-corrected chi connectivity index (χ2v) is 7.06. The van der Waals surface area contributed by atoms with Gasteiger partial charge in [-0.3, -0.25) is 4.79 Å². The first-order valence-electron chi connectivity index (χ1n) is 9.54. The molecule has 1 aliphatic carbocycles. The lowest BCUT2D eigenvalue weighted by Gasteiger charge is -2.19. The quantitative estimate of drug-likeness (QED) is 0.887. The molecule has 0 atom stereocenters. The molecular formula is C20H28N4O2. The van der Waals surface area contributed by atoms with Crippen LogP contribution in [0.25, 0.3) is 5.69 Å². The maximum Gasteiger partial charge on any atom is 0.273 e. The number of carbonyl (C=O) groups excluding carboxylic acids is 1. The molecule has 1 fully saturated rings. The van der Waals surface area contributed by atoms with E-state index in [1.54, 1.807) is 11.8 Å². The Morgan fingerprint density at radius 3 is 2.69 bits per heavy atom. The molecule has 1 N–H and O–H groups in total. The van der Waals surface area contributed by atoms with E-state index in [2.05, 4.69) is 15.6 Å². The lowest BCUT2D eigenvalue weighted by atomic mass is 9.91. The van der Waals surface area contributed by atoms with Gasteiger partial charge in [0.05, 0.1) is 18.5 Å². The van der Waals surface area contributed by atoms with E-state index in [4.69, 9.17) is 4.74 Å². The molecule has 26 heavy (non-hydrogen) atoms. The van der Waals surface area contributed by atoms with Gasteiger partial charge in [0.1, 0.15) is 5.75 Å². The number of rotatable bonds is 5. The zero-order valence-corrected chi connectivity index (χ0v) is 15.7. The third-order valence-electron chi connectivity index (χ3n) is 5.18. The van der Waals surface area contributed by atoms with Crippen LogP contribution in [0.15, 0.2) is 24.3 Å². The lowest BCUT2D eigenvalue weighted by Crippen LogP contribution is -2.30. The molecule has 1 heterocycles. The summed E-state index contributed by atoms with van der Waals surface area (Å²) in [6.07, 6.45) is 8.94. The summed E-state index contributed by atoms with van der Waals surface area (Å²) in [5.41, 5.74) is 1.94. The van der Waals surface area contributed by atoms with Gasteiger partial charge in [0.2, 0.25) is 0 Å². The van der Waals surface area contributed by atoms with E-state index in [0.717, 1.165) is 23.7 Å². The average Bonchev–Trinajstić information content (AvgIpc) is 3.02. The van der Waals surface area contributed by atoms with Crippen LogP contribution in [0.5, 0.6) is 5.75 Å². The standard InChI is InChI=1S/C20H28N4O2/c1-15-19(20(25)21-14-16-9-6-4-3-5-7-10-16)22-23-24(15)17-11-8-12-18(13-17)26-2/h8,11-13,16H,3-7,9-10,14H2,1-2H3,(H,21,25). The molecule has 1 aromatic heterocycles. The fourth-order valence-corrected chi connectivity index (χ4v) is 3.59. The number of ether oxygens (including phenoxy) is 1. The predicted octanol–water partition coefficient (Wildman–Crippen LogP) is 3.67. The van der Waals surface area contributed by atoms with Gasteiger partial charge >= 0.3 is 0 Å². The summed E-state index contributed by atoms with van der Waals surface area (Å²) < 4.78 is 6.93. The molecule has 0 spiro atoms. The predicted molar refractivity (Wildman–Crippen MR) is 101 cm³/mol. The van der Waals surface area contributed by atoms with Gasteiger partial charge in [-0.15, -0.1) is 5.10 Å². The Kier molecular flexibility index (Phi) is 6.26. The highest BCUT2D eigenvalue weighted by Gasteiger charge is 2.19. The summed E-state index contributed by atoms with van der Waals surface area (Å²) >= 11 is 0. The summed E-state index contributed by atoms with van der Waals surface area (Å²) in [5, 5.41) is 11.3. The van der Waals surface area contributed by atoms with Gasteiger partial charge in [-0.05, 0) is 37.8 Å². The van der Waals surface area contributed by atoms with Crippen LogP contribution in [0.3, 0.4) is 0 Å². The van der Waals surface area contributed by atoms with Crippen molar-refractivity contribution in [3.8, 4) is 11.4 Å². The Hall–Kier alpha value is -2.37. The highest BCUT2D eigenvalue weighted by molar-refractivity contribution is 5.93. The van der Waals surface area contributed by atoms with Crippen LogP contribution in [0.1, 0.15) is 61.1 Å². The minimum absolute atomic E-state index is 0.140. The number of hydrogen-bond donors (Lipinski definition) is 1. The zero-order chi connectivity index (χ0) is 18.4. The number of nitrogens with zero attached hydrogens (tertiary/aromatic N) is 3. The average molecular weight is 356 g/mol. The molecule has 2 aromatic rings. The first-order valence-corrected chi connectivity index (χ1v) is 9.54. The molecule has 1 aromatic carbocycles. The van der Waals surface area contributed by atoms with Crippen molar-refractivity contribution in [3.05, 3.63) is 35.7 Å². The van der Waals surface area contributed by atoms with Crippen LogP contribution < -0.4 is 10.1 Å². The molecule has 0 aliphatic heterocycles. The van der Waals surface area contributed by atoms with Crippen LogP contribution >= 0.6 is 0 Å². The highest BCUT2D eigenvalue weighted by atomic mass is 16.5. The maximum absolute atomic E-state index is 12.6. The van der Waals surface area contributed by atoms with Crippen LogP contribution in [0.4, 0.5) is 0 Å². The molecular weight excluding hydrogens is 328 g/mol. The third-order valence-corrected chi connectivity index (χ3v) is 5.18. The Balaban J connectivity index is 1.65. The molecule has 1 aliphatic rings. The van der Waals surface area contributed by atoms with Crippen molar-refractivity contribution < 1.29 is 9.53 Å². The van der Waals surface area contributed by atoms with E-state index in [9.17, 15) is 4.79 Å².